The van der Waals surface area contributed by atoms with Crippen LogP contribution < -0.4 is 10.6 Å². The second-order valence-corrected chi connectivity index (χ2v) is 4.78. The van der Waals surface area contributed by atoms with Gasteiger partial charge in [-0.2, -0.15) is 0 Å². The van der Waals surface area contributed by atoms with E-state index < -0.39 is 5.60 Å². The smallest absolute Gasteiger partial charge is 0.221 e. The number of carbonyl (C=O) groups is 1. The van der Waals surface area contributed by atoms with Crippen LogP contribution in [0.2, 0.25) is 0 Å². The lowest BCUT2D eigenvalue weighted by molar-refractivity contribution is -0.121. The standard InChI is InChI=1S/C11H24N2O2/c1-9(2)13-10(14)5-7-12-8-6-11(3,4)15/h9,12,15H,5-8H2,1-4H3,(H,13,14). The Morgan fingerprint density at radius 1 is 1.33 bits per heavy atom. The van der Waals surface area contributed by atoms with Gasteiger partial charge in [0, 0.05) is 19.0 Å². The van der Waals surface area contributed by atoms with Gasteiger partial charge in [0.25, 0.3) is 0 Å². The number of carbonyl (C=O) groups excluding carboxylic acids is 1. The van der Waals surface area contributed by atoms with Gasteiger partial charge in [-0.15, -0.1) is 0 Å². The maximum atomic E-state index is 11.2. The maximum Gasteiger partial charge on any atom is 0.221 e. The van der Waals surface area contributed by atoms with E-state index in [9.17, 15) is 9.90 Å². The summed E-state index contributed by atoms with van der Waals surface area (Å²) in [6.45, 7) is 8.84. The molecule has 0 atom stereocenters. The van der Waals surface area contributed by atoms with Gasteiger partial charge in [0.1, 0.15) is 0 Å². The van der Waals surface area contributed by atoms with Crippen molar-refractivity contribution in [3.8, 4) is 0 Å². The van der Waals surface area contributed by atoms with Crippen LogP contribution in [0.4, 0.5) is 0 Å². The van der Waals surface area contributed by atoms with Crippen molar-refractivity contribution in [2.45, 2.75) is 52.2 Å². The molecule has 0 spiro atoms. The lowest BCUT2D eigenvalue weighted by atomic mass is 10.1. The van der Waals surface area contributed by atoms with E-state index in [2.05, 4.69) is 10.6 Å². The third-order valence-electron chi connectivity index (χ3n) is 1.89. The van der Waals surface area contributed by atoms with E-state index in [1.54, 1.807) is 13.8 Å². The zero-order valence-electron chi connectivity index (χ0n) is 10.3. The number of aliphatic hydroxyl groups is 1. The SMILES string of the molecule is CC(C)NC(=O)CCNCCC(C)(C)O. The Kier molecular flexibility index (Phi) is 6.52. The lowest BCUT2D eigenvalue weighted by Gasteiger charge is -2.17. The molecule has 0 saturated carbocycles. The molecule has 1 amide bonds. The van der Waals surface area contributed by atoms with Crippen molar-refractivity contribution in [3.63, 3.8) is 0 Å². The van der Waals surface area contributed by atoms with Gasteiger partial charge in [-0.05, 0) is 40.7 Å². The number of amides is 1. The molecule has 0 radical (unpaired) electrons. The van der Waals surface area contributed by atoms with Crippen molar-refractivity contribution in [3.05, 3.63) is 0 Å². The average Bonchev–Trinajstić information content (AvgIpc) is 1.99. The first kappa shape index (κ1) is 14.4. The summed E-state index contributed by atoms with van der Waals surface area (Å²) in [6.07, 6.45) is 1.18. The van der Waals surface area contributed by atoms with Crippen LogP contribution in [-0.2, 0) is 4.79 Å². The van der Waals surface area contributed by atoms with Crippen LogP contribution in [0.5, 0.6) is 0 Å². The predicted octanol–water partition coefficient (Wildman–Crippen LogP) is 0.652. The van der Waals surface area contributed by atoms with Crippen LogP contribution in [0.3, 0.4) is 0 Å². The van der Waals surface area contributed by atoms with Gasteiger partial charge in [-0.3, -0.25) is 4.79 Å². The topological polar surface area (TPSA) is 61.4 Å². The lowest BCUT2D eigenvalue weighted by Crippen LogP contribution is -2.33. The van der Waals surface area contributed by atoms with E-state index in [4.69, 9.17) is 0 Å². The first-order chi connectivity index (χ1) is 6.81. The summed E-state index contributed by atoms with van der Waals surface area (Å²) in [5, 5.41) is 15.4. The Morgan fingerprint density at radius 2 is 1.93 bits per heavy atom. The molecular formula is C11H24N2O2. The Morgan fingerprint density at radius 3 is 2.40 bits per heavy atom. The van der Waals surface area contributed by atoms with Gasteiger partial charge in [0.15, 0.2) is 0 Å². The van der Waals surface area contributed by atoms with Crippen molar-refractivity contribution in [2.75, 3.05) is 13.1 Å². The first-order valence-corrected chi connectivity index (χ1v) is 5.54. The van der Waals surface area contributed by atoms with Crippen molar-refractivity contribution in [2.24, 2.45) is 0 Å². The van der Waals surface area contributed by atoms with Crippen LogP contribution in [0.1, 0.15) is 40.5 Å². The van der Waals surface area contributed by atoms with E-state index in [0.29, 0.717) is 19.4 Å². The van der Waals surface area contributed by atoms with Gasteiger partial charge in [-0.1, -0.05) is 0 Å². The first-order valence-electron chi connectivity index (χ1n) is 5.54. The van der Waals surface area contributed by atoms with Gasteiger partial charge < -0.3 is 15.7 Å². The van der Waals surface area contributed by atoms with Gasteiger partial charge >= 0.3 is 0 Å². The van der Waals surface area contributed by atoms with Crippen LogP contribution in [0.15, 0.2) is 0 Å². The normalized spacial score (nSPS) is 11.9. The zero-order valence-corrected chi connectivity index (χ0v) is 10.3. The molecule has 0 aromatic rings. The summed E-state index contributed by atoms with van der Waals surface area (Å²) in [4.78, 5) is 11.2. The fourth-order valence-corrected chi connectivity index (χ4v) is 1.12. The highest BCUT2D eigenvalue weighted by Gasteiger charge is 2.11. The third-order valence-corrected chi connectivity index (χ3v) is 1.89. The minimum Gasteiger partial charge on any atom is -0.390 e. The number of hydrogen-bond donors (Lipinski definition) is 3. The monoisotopic (exact) mass is 216 g/mol. The highest BCUT2D eigenvalue weighted by Crippen LogP contribution is 2.04. The summed E-state index contributed by atoms with van der Waals surface area (Å²) in [5.74, 6) is 0.0701. The van der Waals surface area contributed by atoms with E-state index in [-0.39, 0.29) is 11.9 Å². The molecule has 0 fully saturated rings. The van der Waals surface area contributed by atoms with Gasteiger partial charge in [0.2, 0.25) is 5.91 Å². The van der Waals surface area contributed by atoms with Crippen LogP contribution >= 0.6 is 0 Å². The Labute approximate surface area is 92.4 Å². The van der Waals surface area contributed by atoms with Crippen molar-refractivity contribution in [1.82, 2.24) is 10.6 Å². The molecule has 0 aromatic carbocycles. The van der Waals surface area contributed by atoms with E-state index in [1.165, 1.54) is 0 Å². The quantitative estimate of drug-likeness (QED) is 0.548. The minimum absolute atomic E-state index is 0.0701. The Hall–Kier alpha value is -0.610. The highest BCUT2D eigenvalue weighted by atomic mass is 16.3. The number of hydrogen-bond acceptors (Lipinski definition) is 3. The van der Waals surface area contributed by atoms with Gasteiger partial charge in [-0.25, -0.2) is 0 Å². The Balaban J connectivity index is 3.35. The maximum absolute atomic E-state index is 11.2. The molecular weight excluding hydrogens is 192 g/mol. The zero-order chi connectivity index (χ0) is 11.9. The second kappa shape index (κ2) is 6.80. The van der Waals surface area contributed by atoms with Crippen molar-refractivity contribution < 1.29 is 9.90 Å². The molecule has 0 aliphatic carbocycles. The molecule has 0 rings (SSSR count). The summed E-state index contributed by atoms with van der Waals surface area (Å²) >= 11 is 0. The summed E-state index contributed by atoms with van der Waals surface area (Å²) in [7, 11) is 0. The fraction of sp³-hybridized carbons (Fsp3) is 0.909. The summed E-state index contributed by atoms with van der Waals surface area (Å²) in [6, 6.07) is 0.203. The van der Waals surface area contributed by atoms with Crippen LogP contribution in [-0.4, -0.2) is 35.7 Å². The molecule has 0 aliphatic rings. The van der Waals surface area contributed by atoms with Crippen LogP contribution in [0, 0.1) is 0 Å². The van der Waals surface area contributed by atoms with Crippen molar-refractivity contribution in [1.29, 1.82) is 0 Å². The third kappa shape index (κ3) is 11.3. The summed E-state index contributed by atoms with van der Waals surface area (Å²) < 4.78 is 0. The van der Waals surface area contributed by atoms with Gasteiger partial charge in [0.05, 0.1) is 5.60 Å². The van der Waals surface area contributed by atoms with Crippen molar-refractivity contribution >= 4 is 5.91 Å². The minimum atomic E-state index is -0.632. The molecule has 0 unspecified atom stereocenters. The van der Waals surface area contributed by atoms with E-state index >= 15 is 0 Å². The molecule has 0 heterocycles. The Bertz CT molecular complexity index is 186. The van der Waals surface area contributed by atoms with E-state index in [0.717, 1.165) is 6.54 Å². The molecule has 15 heavy (non-hydrogen) atoms. The predicted molar refractivity (Wildman–Crippen MR) is 61.7 cm³/mol. The second-order valence-electron chi connectivity index (χ2n) is 4.78. The van der Waals surface area contributed by atoms with E-state index in [1.807, 2.05) is 13.8 Å². The number of rotatable bonds is 7. The highest BCUT2D eigenvalue weighted by molar-refractivity contribution is 5.76. The molecule has 0 bridgehead atoms. The molecule has 0 saturated heterocycles. The molecule has 0 aliphatic heterocycles. The number of nitrogens with one attached hydrogen (secondary N) is 2. The average molecular weight is 216 g/mol. The molecule has 3 N–H and O–H groups in total. The molecule has 0 aromatic heterocycles. The largest absolute Gasteiger partial charge is 0.390 e. The fourth-order valence-electron chi connectivity index (χ4n) is 1.12. The molecule has 4 nitrogen and oxygen atoms in total. The summed E-state index contributed by atoms with van der Waals surface area (Å²) in [5.41, 5.74) is -0.632. The van der Waals surface area contributed by atoms with Crippen LogP contribution in [0.25, 0.3) is 0 Å². The molecule has 4 heteroatoms. The molecule has 90 valence electrons.